The average molecular weight is 299 g/mol. The van der Waals surface area contributed by atoms with Crippen LogP contribution in [0.2, 0.25) is 0 Å². The summed E-state index contributed by atoms with van der Waals surface area (Å²) in [5, 5.41) is 2.83. The summed E-state index contributed by atoms with van der Waals surface area (Å²) < 4.78 is 5.65. The Bertz CT molecular complexity index is 536. The van der Waals surface area contributed by atoms with Gasteiger partial charge in [0.25, 0.3) is 0 Å². The first-order valence-corrected chi connectivity index (χ1v) is 7.77. The van der Waals surface area contributed by atoms with Gasteiger partial charge in [-0.1, -0.05) is 50.0 Å². The van der Waals surface area contributed by atoms with E-state index in [0.29, 0.717) is 13.2 Å². The summed E-state index contributed by atoms with van der Waals surface area (Å²) in [6.07, 6.45) is 4.34. The van der Waals surface area contributed by atoms with Gasteiger partial charge in [0.1, 0.15) is 12.4 Å². The number of hydrogen-bond donors (Lipinski definition) is 1. The summed E-state index contributed by atoms with van der Waals surface area (Å²) in [5.74, 6) is 6.83. The summed E-state index contributed by atoms with van der Waals surface area (Å²) >= 11 is 0. The zero-order chi connectivity index (χ0) is 16.2. The molecule has 0 fully saturated rings. The molecule has 0 aliphatic rings. The van der Waals surface area contributed by atoms with Crippen LogP contribution >= 0.6 is 0 Å². The highest BCUT2D eigenvalue weighted by Gasteiger charge is 2.12. The monoisotopic (exact) mass is 299 g/mol. The Morgan fingerprint density at radius 3 is 2.73 bits per heavy atom. The first-order chi connectivity index (χ1) is 10.7. The van der Waals surface area contributed by atoms with Crippen LogP contribution in [0.3, 0.4) is 0 Å². The van der Waals surface area contributed by atoms with Crippen molar-refractivity contribution in [2.45, 2.75) is 33.1 Å². The highest BCUT2D eigenvalue weighted by molar-refractivity contribution is 5.78. The maximum atomic E-state index is 11.8. The molecule has 118 valence electrons. The maximum absolute atomic E-state index is 11.8. The Hall–Kier alpha value is -2.21. The molecule has 0 saturated heterocycles. The summed E-state index contributed by atoms with van der Waals surface area (Å²) in [6, 6.07) is 7.85. The van der Waals surface area contributed by atoms with Crippen molar-refractivity contribution in [1.82, 2.24) is 5.32 Å². The van der Waals surface area contributed by atoms with Gasteiger partial charge < -0.3 is 10.1 Å². The fourth-order valence-corrected chi connectivity index (χ4v) is 2.13. The zero-order valence-electron chi connectivity index (χ0n) is 13.5. The molecule has 1 aromatic carbocycles. The van der Waals surface area contributed by atoms with E-state index in [1.54, 1.807) is 0 Å². The fraction of sp³-hybridized carbons (Fsp3) is 0.421. The number of nitrogens with one attached hydrogen (secondary N) is 1. The van der Waals surface area contributed by atoms with E-state index >= 15 is 0 Å². The van der Waals surface area contributed by atoms with E-state index in [9.17, 15) is 4.79 Å². The van der Waals surface area contributed by atoms with Gasteiger partial charge in [0.15, 0.2) is 0 Å². The largest absolute Gasteiger partial charge is 0.481 e. The summed E-state index contributed by atoms with van der Waals surface area (Å²) in [7, 11) is 0. The molecule has 0 atom stereocenters. The van der Waals surface area contributed by atoms with E-state index in [1.807, 2.05) is 44.2 Å². The smallest absolute Gasteiger partial charge is 0.223 e. The predicted octanol–water partition coefficient (Wildman–Crippen LogP) is 3.35. The molecule has 3 heteroatoms. The van der Waals surface area contributed by atoms with E-state index in [1.165, 1.54) is 0 Å². The summed E-state index contributed by atoms with van der Waals surface area (Å²) in [5.41, 5.74) is 1.10. The number of carbonyl (C=O) groups excluding carboxylic acids is 1. The van der Waals surface area contributed by atoms with Crippen LogP contribution < -0.4 is 10.1 Å². The van der Waals surface area contributed by atoms with Crippen molar-refractivity contribution < 1.29 is 9.53 Å². The van der Waals surface area contributed by atoms with Crippen molar-refractivity contribution in [3.05, 3.63) is 42.5 Å². The third kappa shape index (κ3) is 6.05. The fourth-order valence-electron chi connectivity index (χ4n) is 2.13. The number of allylic oxidation sites excluding steroid dienone is 1. The second-order valence-corrected chi connectivity index (χ2v) is 4.97. The van der Waals surface area contributed by atoms with Gasteiger partial charge in [-0.3, -0.25) is 4.79 Å². The van der Waals surface area contributed by atoms with E-state index in [2.05, 4.69) is 23.7 Å². The number of hydrogen-bond acceptors (Lipinski definition) is 2. The van der Waals surface area contributed by atoms with Crippen molar-refractivity contribution in [2.24, 2.45) is 5.92 Å². The van der Waals surface area contributed by atoms with Crippen LogP contribution in [-0.2, 0) is 11.2 Å². The quantitative estimate of drug-likeness (QED) is 0.590. The molecular formula is C19H25NO2. The SMILES string of the molecule is C=CCc1ccccc1OCC#CCNC(=O)C(CC)CC. The van der Waals surface area contributed by atoms with Gasteiger partial charge in [0.05, 0.1) is 6.54 Å². The van der Waals surface area contributed by atoms with E-state index in [4.69, 9.17) is 4.74 Å². The van der Waals surface area contributed by atoms with Crippen molar-refractivity contribution in [2.75, 3.05) is 13.2 Å². The number of ether oxygens (including phenoxy) is 1. The van der Waals surface area contributed by atoms with Crippen LogP contribution in [0.1, 0.15) is 32.3 Å². The minimum absolute atomic E-state index is 0.0801. The first-order valence-electron chi connectivity index (χ1n) is 7.77. The Kier molecular flexibility index (Phi) is 8.52. The van der Waals surface area contributed by atoms with Crippen molar-refractivity contribution >= 4 is 5.91 Å². The average Bonchev–Trinajstić information content (AvgIpc) is 2.53. The third-order valence-corrected chi connectivity index (χ3v) is 3.47. The van der Waals surface area contributed by atoms with Crippen LogP contribution in [0.25, 0.3) is 0 Å². The maximum Gasteiger partial charge on any atom is 0.223 e. The molecule has 1 aromatic rings. The number of benzene rings is 1. The lowest BCUT2D eigenvalue weighted by Crippen LogP contribution is -2.30. The number of amides is 1. The molecule has 1 N–H and O–H groups in total. The van der Waals surface area contributed by atoms with Gasteiger partial charge in [0, 0.05) is 5.92 Å². The van der Waals surface area contributed by atoms with Gasteiger partial charge in [-0.15, -0.1) is 6.58 Å². The third-order valence-electron chi connectivity index (χ3n) is 3.47. The second kappa shape index (κ2) is 10.5. The molecule has 0 aliphatic heterocycles. The zero-order valence-corrected chi connectivity index (χ0v) is 13.5. The van der Waals surface area contributed by atoms with Crippen LogP contribution in [0, 0.1) is 17.8 Å². The van der Waals surface area contributed by atoms with Crippen LogP contribution in [0.5, 0.6) is 5.75 Å². The van der Waals surface area contributed by atoms with Gasteiger partial charge in [-0.25, -0.2) is 0 Å². The van der Waals surface area contributed by atoms with Crippen LogP contribution in [0.4, 0.5) is 0 Å². The Morgan fingerprint density at radius 1 is 1.32 bits per heavy atom. The molecule has 0 unspecified atom stereocenters. The topological polar surface area (TPSA) is 38.3 Å². The number of carbonyl (C=O) groups is 1. The Labute approximate surface area is 133 Å². The highest BCUT2D eigenvalue weighted by Crippen LogP contribution is 2.18. The second-order valence-electron chi connectivity index (χ2n) is 4.97. The lowest BCUT2D eigenvalue weighted by Gasteiger charge is -2.10. The minimum atomic E-state index is 0.0801. The minimum Gasteiger partial charge on any atom is -0.481 e. The predicted molar refractivity (Wildman–Crippen MR) is 90.7 cm³/mol. The summed E-state index contributed by atoms with van der Waals surface area (Å²) in [4.78, 5) is 11.8. The molecule has 0 spiro atoms. The number of rotatable bonds is 8. The van der Waals surface area contributed by atoms with Gasteiger partial charge in [-0.2, -0.15) is 0 Å². The molecule has 0 saturated carbocycles. The molecule has 22 heavy (non-hydrogen) atoms. The van der Waals surface area contributed by atoms with E-state index in [0.717, 1.165) is 30.6 Å². The Balaban J connectivity index is 2.37. The molecule has 3 nitrogen and oxygen atoms in total. The number of para-hydroxylation sites is 1. The lowest BCUT2D eigenvalue weighted by atomic mass is 10.0. The van der Waals surface area contributed by atoms with E-state index in [-0.39, 0.29) is 11.8 Å². The molecule has 1 amide bonds. The Morgan fingerprint density at radius 2 is 2.05 bits per heavy atom. The van der Waals surface area contributed by atoms with Crippen molar-refractivity contribution in [1.29, 1.82) is 0 Å². The normalized spacial score (nSPS) is 9.77. The summed E-state index contributed by atoms with van der Waals surface area (Å²) in [6.45, 7) is 8.46. The van der Waals surface area contributed by atoms with Crippen molar-refractivity contribution in [3.8, 4) is 17.6 Å². The first kappa shape index (κ1) is 17.8. The van der Waals surface area contributed by atoms with Crippen molar-refractivity contribution in [3.63, 3.8) is 0 Å². The standard InChI is InChI=1S/C19H25NO2/c1-4-11-17-12-7-8-13-18(17)22-15-10-9-14-20-19(21)16(5-2)6-3/h4,7-8,12-13,16H,1,5-6,11,14-15H2,2-3H3,(H,20,21). The van der Waals surface area contributed by atoms with Gasteiger partial charge in [0.2, 0.25) is 5.91 Å². The molecule has 0 aromatic heterocycles. The van der Waals surface area contributed by atoms with Gasteiger partial charge >= 0.3 is 0 Å². The molecule has 0 radical (unpaired) electrons. The van der Waals surface area contributed by atoms with Gasteiger partial charge in [-0.05, 0) is 30.9 Å². The van der Waals surface area contributed by atoms with E-state index < -0.39 is 0 Å². The molecular weight excluding hydrogens is 274 g/mol. The highest BCUT2D eigenvalue weighted by atomic mass is 16.5. The van der Waals surface area contributed by atoms with Crippen LogP contribution in [0.15, 0.2) is 36.9 Å². The van der Waals surface area contributed by atoms with Crippen LogP contribution in [-0.4, -0.2) is 19.1 Å². The molecule has 0 aliphatic carbocycles. The lowest BCUT2D eigenvalue weighted by molar-refractivity contribution is -0.124. The molecule has 0 bridgehead atoms. The molecule has 0 heterocycles. The molecule has 1 rings (SSSR count).